The van der Waals surface area contributed by atoms with E-state index in [1.807, 2.05) is 0 Å². The summed E-state index contributed by atoms with van der Waals surface area (Å²) in [5.41, 5.74) is 0.603. The molecule has 0 fully saturated rings. The molecule has 0 heterocycles. The fourth-order valence-electron chi connectivity index (χ4n) is 2.41. The van der Waals surface area contributed by atoms with E-state index >= 15 is 0 Å². The third-order valence-corrected chi connectivity index (χ3v) is 3.73. The molecule has 0 N–H and O–H groups in total. The first-order chi connectivity index (χ1) is 12.6. The van der Waals surface area contributed by atoms with Crippen LogP contribution in [0, 0.1) is 0 Å². The highest BCUT2D eigenvalue weighted by Gasteiger charge is 2.21. The van der Waals surface area contributed by atoms with Crippen LogP contribution >= 0.6 is 0 Å². The van der Waals surface area contributed by atoms with Crippen molar-refractivity contribution in [2.75, 3.05) is 0 Å². The lowest BCUT2D eigenvalue weighted by Crippen LogP contribution is -2.26. The van der Waals surface area contributed by atoms with Gasteiger partial charge >= 0.3 is 0 Å². The summed E-state index contributed by atoms with van der Waals surface area (Å²) in [5.74, 6) is 0.255. The lowest BCUT2D eigenvalue weighted by Gasteiger charge is -2.18. The first-order valence-electron chi connectivity index (χ1n) is 7.80. The molecule has 2 atom stereocenters. The average molecular weight is 350 g/mol. The molecule has 6 nitrogen and oxygen atoms in total. The van der Waals surface area contributed by atoms with Crippen LogP contribution in [-0.2, 0) is 19.2 Å². The maximum atomic E-state index is 11.9. The fourth-order valence-corrected chi connectivity index (χ4v) is 2.41. The Kier molecular flexibility index (Phi) is 5.03. The summed E-state index contributed by atoms with van der Waals surface area (Å²) in [6.07, 6.45) is 8.17. The van der Waals surface area contributed by atoms with Crippen LogP contribution in [0.5, 0.6) is 11.5 Å². The molecule has 0 amide bonds. The van der Waals surface area contributed by atoms with Gasteiger partial charge in [0.15, 0.2) is 12.2 Å². The van der Waals surface area contributed by atoms with Gasteiger partial charge in [-0.3, -0.25) is 19.2 Å². The van der Waals surface area contributed by atoms with Crippen molar-refractivity contribution in [2.45, 2.75) is 12.2 Å². The van der Waals surface area contributed by atoms with E-state index in [0.29, 0.717) is 35.2 Å². The van der Waals surface area contributed by atoms with Gasteiger partial charge < -0.3 is 9.47 Å². The molecule has 26 heavy (non-hydrogen) atoms. The summed E-state index contributed by atoms with van der Waals surface area (Å²) in [6, 6.07) is 6.44. The van der Waals surface area contributed by atoms with E-state index in [9.17, 15) is 19.2 Å². The normalized spacial score (nSPS) is 21.7. The summed E-state index contributed by atoms with van der Waals surface area (Å²) in [5, 5.41) is 0. The number of hydrogen-bond donors (Lipinski definition) is 0. The summed E-state index contributed by atoms with van der Waals surface area (Å²) in [4.78, 5) is 45.1. The molecule has 0 radical (unpaired) electrons. The third-order valence-electron chi connectivity index (χ3n) is 3.73. The van der Waals surface area contributed by atoms with E-state index < -0.39 is 12.2 Å². The van der Waals surface area contributed by atoms with E-state index in [0.717, 1.165) is 0 Å². The SMILES string of the molecule is O=CC1=CC(=O)C(Oc2ccc(OC3C=CC(C=O)=CC3=O)cc2)C=C1. The molecule has 1 aromatic carbocycles. The Morgan fingerprint density at radius 1 is 0.692 bits per heavy atom. The molecule has 3 rings (SSSR count). The number of rotatable bonds is 6. The van der Waals surface area contributed by atoms with Crippen molar-refractivity contribution in [2.24, 2.45) is 0 Å². The molecular formula is C20H14O6. The quantitative estimate of drug-likeness (QED) is 0.726. The van der Waals surface area contributed by atoms with Gasteiger partial charge in [0, 0.05) is 11.1 Å². The standard InChI is InChI=1S/C20H14O6/c21-11-13-1-7-19(17(23)9-13)25-15-3-5-16(6-4-15)26-20-8-2-14(12-22)10-18(20)24/h1-12,19-20H. The molecule has 2 aliphatic carbocycles. The lowest BCUT2D eigenvalue weighted by molar-refractivity contribution is -0.120. The molecule has 130 valence electrons. The number of hydrogen-bond acceptors (Lipinski definition) is 6. The Balaban J connectivity index is 1.61. The lowest BCUT2D eigenvalue weighted by atomic mass is 10.0. The van der Waals surface area contributed by atoms with Crippen LogP contribution in [0.4, 0.5) is 0 Å². The van der Waals surface area contributed by atoms with Crippen LogP contribution < -0.4 is 9.47 Å². The topological polar surface area (TPSA) is 86.7 Å². The van der Waals surface area contributed by atoms with E-state index in [4.69, 9.17) is 9.47 Å². The molecular weight excluding hydrogens is 336 g/mol. The van der Waals surface area contributed by atoms with Gasteiger partial charge in [-0.05, 0) is 48.6 Å². The van der Waals surface area contributed by atoms with Crippen molar-refractivity contribution in [3.05, 3.63) is 71.9 Å². The van der Waals surface area contributed by atoms with Crippen LogP contribution in [-0.4, -0.2) is 36.3 Å². The summed E-state index contributed by atoms with van der Waals surface area (Å²) < 4.78 is 11.1. The highest BCUT2D eigenvalue weighted by molar-refractivity contribution is 6.02. The number of ether oxygens (including phenoxy) is 2. The fraction of sp³-hybridized carbons (Fsp3) is 0.100. The zero-order valence-corrected chi connectivity index (χ0v) is 13.5. The second kappa shape index (κ2) is 7.57. The van der Waals surface area contributed by atoms with E-state index in [1.54, 1.807) is 24.3 Å². The smallest absolute Gasteiger partial charge is 0.200 e. The molecule has 2 unspecified atom stereocenters. The first kappa shape index (κ1) is 17.3. The number of carbonyl (C=O) groups is 4. The largest absolute Gasteiger partial charge is 0.478 e. The second-order valence-corrected chi connectivity index (χ2v) is 5.60. The zero-order valence-electron chi connectivity index (χ0n) is 13.5. The Morgan fingerprint density at radius 3 is 1.38 bits per heavy atom. The molecule has 0 aromatic heterocycles. The van der Waals surface area contributed by atoms with Crippen molar-refractivity contribution in [1.29, 1.82) is 0 Å². The van der Waals surface area contributed by atoms with Gasteiger partial charge in [0.1, 0.15) is 24.1 Å². The van der Waals surface area contributed by atoms with Crippen molar-refractivity contribution in [3.63, 3.8) is 0 Å². The molecule has 0 saturated carbocycles. The maximum absolute atomic E-state index is 11.9. The second-order valence-electron chi connectivity index (χ2n) is 5.60. The van der Waals surface area contributed by atoms with Gasteiger partial charge in [-0.15, -0.1) is 0 Å². The van der Waals surface area contributed by atoms with Gasteiger partial charge in [-0.2, -0.15) is 0 Å². The Labute approximate surface area is 149 Å². The van der Waals surface area contributed by atoms with Crippen LogP contribution in [0.3, 0.4) is 0 Å². The molecule has 1 aromatic rings. The van der Waals surface area contributed by atoms with Gasteiger partial charge in [0.05, 0.1) is 0 Å². The van der Waals surface area contributed by atoms with Crippen LogP contribution in [0.25, 0.3) is 0 Å². The van der Waals surface area contributed by atoms with E-state index in [2.05, 4.69) is 0 Å². The van der Waals surface area contributed by atoms with Crippen molar-refractivity contribution < 1.29 is 28.7 Å². The molecule has 0 bridgehead atoms. The summed E-state index contributed by atoms with van der Waals surface area (Å²) in [7, 11) is 0. The van der Waals surface area contributed by atoms with Gasteiger partial charge in [0.2, 0.25) is 11.6 Å². The van der Waals surface area contributed by atoms with Gasteiger partial charge in [-0.1, -0.05) is 12.2 Å². The number of carbonyl (C=O) groups excluding carboxylic acids is 4. The minimum absolute atomic E-state index is 0.301. The number of benzene rings is 1. The Morgan fingerprint density at radius 2 is 1.08 bits per heavy atom. The molecule has 2 aliphatic rings. The molecule has 0 saturated heterocycles. The van der Waals surface area contributed by atoms with Crippen LogP contribution in [0.1, 0.15) is 0 Å². The van der Waals surface area contributed by atoms with Gasteiger partial charge in [0.25, 0.3) is 0 Å². The highest BCUT2D eigenvalue weighted by Crippen LogP contribution is 2.22. The van der Waals surface area contributed by atoms with Crippen molar-refractivity contribution >= 4 is 24.1 Å². The third kappa shape index (κ3) is 3.92. The minimum atomic E-state index is -0.791. The summed E-state index contributed by atoms with van der Waals surface area (Å²) in [6.45, 7) is 0. The highest BCUT2D eigenvalue weighted by atomic mass is 16.5. The zero-order chi connectivity index (χ0) is 18.5. The molecule has 0 aliphatic heterocycles. The van der Waals surface area contributed by atoms with E-state index in [1.165, 1.54) is 36.5 Å². The maximum Gasteiger partial charge on any atom is 0.200 e. The number of allylic oxidation sites excluding steroid dienone is 4. The summed E-state index contributed by atoms with van der Waals surface area (Å²) >= 11 is 0. The van der Waals surface area contributed by atoms with Crippen LogP contribution in [0.2, 0.25) is 0 Å². The monoisotopic (exact) mass is 350 g/mol. The first-order valence-corrected chi connectivity index (χ1v) is 7.80. The van der Waals surface area contributed by atoms with E-state index in [-0.39, 0.29) is 11.6 Å². The predicted molar refractivity (Wildman–Crippen MR) is 91.9 cm³/mol. The average Bonchev–Trinajstić information content (AvgIpc) is 2.66. The predicted octanol–water partition coefficient (Wildman–Crippen LogP) is 1.71. The number of aldehydes is 2. The van der Waals surface area contributed by atoms with Crippen molar-refractivity contribution in [3.8, 4) is 11.5 Å². The molecule has 0 spiro atoms. The van der Waals surface area contributed by atoms with Crippen LogP contribution in [0.15, 0.2) is 71.9 Å². The van der Waals surface area contributed by atoms with Crippen molar-refractivity contribution in [1.82, 2.24) is 0 Å². The Hall–Kier alpha value is -3.54. The minimum Gasteiger partial charge on any atom is -0.478 e. The Bertz CT molecular complexity index is 797. The van der Waals surface area contributed by atoms with Gasteiger partial charge in [-0.25, -0.2) is 0 Å². The molecule has 6 heteroatoms. The number of ketones is 2.